The van der Waals surface area contributed by atoms with E-state index in [4.69, 9.17) is 0 Å². The Morgan fingerprint density at radius 1 is 1.11 bits per heavy atom. The fourth-order valence-electron chi connectivity index (χ4n) is 3.00. The molecule has 0 amide bonds. The minimum absolute atomic E-state index is 0.492. The van der Waals surface area contributed by atoms with Crippen LogP contribution >= 0.6 is 0 Å². The van der Waals surface area contributed by atoms with Gasteiger partial charge in [-0.15, -0.1) is 0 Å². The number of rotatable bonds is 6. The number of hydrogen-bond donors (Lipinski definition) is 1. The molecular weight excluding hydrogens is 232 g/mol. The number of hydrogen-bond acceptors (Lipinski definition) is 2. The topological polar surface area (TPSA) is 15.3 Å². The molecule has 1 unspecified atom stereocenters. The standard InChI is InChI=1S/C17H36N2/c1-15(2)8-10-18-11-14-19-12-6-7-16(9-13-19)17(3,4)5/h15-16,18H,6-14H2,1-5H3. The predicted octanol–water partition coefficient (Wildman–Crippen LogP) is 3.77. The lowest BCUT2D eigenvalue weighted by Crippen LogP contribution is -2.33. The molecule has 0 aromatic carbocycles. The van der Waals surface area contributed by atoms with E-state index in [9.17, 15) is 0 Å². The summed E-state index contributed by atoms with van der Waals surface area (Å²) >= 11 is 0. The summed E-state index contributed by atoms with van der Waals surface area (Å²) in [7, 11) is 0. The average Bonchev–Trinajstić information content (AvgIpc) is 2.53. The molecule has 1 rings (SSSR count). The molecule has 0 aliphatic carbocycles. The van der Waals surface area contributed by atoms with Gasteiger partial charge in [-0.25, -0.2) is 0 Å². The molecular formula is C17H36N2. The summed E-state index contributed by atoms with van der Waals surface area (Å²) in [5, 5.41) is 3.58. The maximum Gasteiger partial charge on any atom is 0.0107 e. The summed E-state index contributed by atoms with van der Waals surface area (Å²) in [6.07, 6.45) is 5.48. The molecule has 0 aromatic heterocycles. The summed E-state index contributed by atoms with van der Waals surface area (Å²) in [6.45, 7) is 18.0. The van der Waals surface area contributed by atoms with Crippen LogP contribution in [0.25, 0.3) is 0 Å². The van der Waals surface area contributed by atoms with E-state index in [0.717, 1.165) is 18.4 Å². The van der Waals surface area contributed by atoms with Gasteiger partial charge in [0.25, 0.3) is 0 Å². The van der Waals surface area contributed by atoms with Gasteiger partial charge in [-0.3, -0.25) is 0 Å². The number of nitrogens with zero attached hydrogens (tertiary/aromatic N) is 1. The molecule has 1 aliphatic rings. The lowest BCUT2D eigenvalue weighted by molar-refractivity contribution is 0.208. The lowest BCUT2D eigenvalue weighted by atomic mass is 9.77. The lowest BCUT2D eigenvalue weighted by Gasteiger charge is -2.29. The van der Waals surface area contributed by atoms with Crippen molar-refractivity contribution in [1.82, 2.24) is 10.2 Å². The van der Waals surface area contributed by atoms with E-state index in [1.165, 1.54) is 51.9 Å². The molecule has 114 valence electrons. The molecule has 0 spiro atoms. The van der Waals surface area contributed by atoms with Gasteiger partial charge in [0, 0.05) is 13.1 Å². The molecule has 0 bridgehead atoms. The molecule has 1 saturated heterocycles. The molecule has 0 radical (unpaired) electrons. The van der Waals surface area contributed by atoms with E-state index >= 15 is 0 Å². The first kappa shape index (κ1) is 17.0. The second-order valence-electron chi connectivity index (χ2n) is 7.77. The monoisotopic (exact) mass is 268 g/mol. The van der Waals surface area contributed by atoms with Crippen LogP contribution in [-0.2, 0) is 0 Å². The van der Waals surface area contributed by atoms with Crippen LogP contribution < -0.4 is 5.32 Å². The Morgan fingerprint density at radius 2 is 1.84 bits per heavy atom. The second kappa shape index (κ2) is 8.26. The Bertz CT molecular complexity index is 230. The zero-order valence-corrected chi connectivity index (χ0v) is 14.0. The highest BCUT2D eigenvalue weighted by Gasteiger charge is 2.26. The highest BCUT2D eigenvalue weighted by Crippen LogP contribution is 2.34. The molecule has 1 aliphatic heterocycles. The summed E-state index contributed by atoms with van der Waals surface area (Å²) in [4.78, 5) is 2.66. The Kier molecular flexibility index (Phi) is 7.38. The van der Waals surface area contributed by atoms with Crippen molar-refractivity contribution in [3.8, 4) is 0 Å². The van der Waals surface area contributed by atoms with Crippen molar-refractivity contribution in [2.45, 2.75) is 60.3 Å². The van der Waals surface area contributed by atoms with E-state index in [2.05, 4.69) is 44.8 Å². The summed E-state index contributed by atoms with van der Waals surface area (Å²) in [6, 6.07) is 0. The van der Waals surface area contributed by atoms with Crippen LogP contribution in [-0.4, -0.2) is 37.6 Å². The molecule has 0 saturated carbocycles. The van der Waals surface area contributed by atoms with E-state index in [0.29, 0.717) is 5.41 Å². The van der Waals surface area contributed by atoms with Crippen molar-refractivity contribution in [3.05, 3.63) is 0 Å². The highest BCUT2D eigenvalue weighted by atomic mass is 15.1. The van der Waals surface area contributed by atoms with Gasteiger partial charge < -0.3 is 10.2 Å². The van der Waals surface area contributed by atoms with Crippen molar-refractivity contribution in [1.29, 1.82) is 0 Å². The second-order valence-corrected chi connectivity index (χ2v) is 7.77. The third-order valence-corrected chi connectivity index (χ3v) is 4.55. The van der Waals surface area contributed by atoms with Crippen LogP contribution in [0.3, 0.4) is 0 Å². The molecule has 19 heavy (non-hydrogen) atoms. The maximum atomic E-state index is 3.58. The summed E-state index contributed by atoms with van der Waals surface area (Å²) in [5.74, 6) is 1.73. The minimum atomic E-state index is 0.492. The van der Waals surface area contributed by atoms with Crippen LogP contribution in [0.15, 0.2) is 0 Å². The van der Waals surface area contributed by atoms with Crippen LogP contribution in [0.4, 0.5) is 0 Å². The van der Waals surface area contributed by atoms with Gasteiger partial charge in [-0.1, -0.05) is 34.6 Å². The van der Waals surface area contributed by atoms with Crippen molar-refractivity contribution in [2.24, 2.45) is 17.3 Å². The van der Waals surface area contributed by atoms with Crippen molar-refractivity contribution < 1.29 is 0 Å². The third-order valence-electron chi connectivity index (χ3n) is 4.55. The Labute approximate surface area is 121 Å². The van der Waals surface area contributed by atoms with E-state index < -0.39 is 0 Å². The van der Waals surface area contributed by atoms with Crippen LogP contribution in [0.2, 0.25) is 0 Å². The third kappa shape index (κ3) is 7.31. The van der Waals surface area contributed by atoms with Crippen LogP contribution in [0, 0.1) is 17.3 Å². The van der Waals surface area contributed by atoms with E-state index in [1.807, 2.05) is 0 Å². The molecule has 1 atom stereocenters. The first-order valence-electron chi connectivity index (χ1n) is 8.32. The van der Waals surface area contributed by atoms with Gasteiger partial charge >= 0.3 is 0 Å². The average molecular weight is 268 g/mol. The van der Waals surface area contributed by atoms with Crippen molar-refractivity contribution >= 4 is 0 Å². The van der Waals surface area contributed by atoms with Gasteiger partial charge in [-0.05, 0) is 62.6 Å². The van der Waals surface area contributed by atoms with Gasteiger partial charge in [0.2, 0.25) is 0 Å². The van der Waals surface area contributed by atoms with Crippen molar-refractivity contribution in [3.63, 3.8) is 0 Å². The smallest absolute Gasteiger partial charge is 0.0107 e. The normalized spacial score (nSPS) is 22.7. The Hall–Kier alpha value is -0.0800. The number of nitrogens with one attached hydrogen (secondary N) is 1. The fourth-order valence-corrected chi connectivity index (χ4v) is 3.00. The van der Waals surface area contributed by atoms with Gasteiger partial charge in [0.15, 0.2) is 0 Å². The quantitative estimate of drug-likeness (QED) is 0.738. The fraction of sp³-hybridized carbons (Fsp3) is 1.00. The van der Waals surface area contributed by atoms with Gasteiger partial charge in [0.1, 0.15) is 0 Å². The molecule has 1 N–H and O–H groups in total. The zero-order chi connectivity index (χ0) is 14.3. The highest BCUT2D eigenvalue weighted by molar-refractivity contribution is 4.79. The molecule has 2 nitrogen and oxygen atoms in total. The first-order valence-corrected chi connectivity index (χ1v) is 8.32. The Morgan fingerprint density at radius 3 is 2.47 bits per heavy atom. The largest absolute Gasteiger partial charge is 0.315 e. The number of likely N-dealkylation sites (tertiary alicyclic amines) is 1. The van der Waals surface area contributed by atoms with Gasteiger partial charge in [0.05, 0.1) is 0 Å². The molecule has 2 heteroatoms. The molecule has 1 heterocycles. The Balaban J connectivity index is 2.15. The van der Waals surface area contributed by atoms with E-state index in [-0.39, 0.29) is 0 Å². The first-order chi connectivity index (χ1) is 8.89. The summed E-state index contributed by atoms with van der Waals surface area (Å²) < 4.78 is 0. The molecule has 1 fully saturated rings. The SMILES string of the molecule is CC(C)CCNCCN1CCCC(C(C)(C)C)CC1. The van der Waals surface area contributed by atoms with E-state index in [1.54, 1.807) is 0 Å². The van der Waals surface area contributed by atoms with Crippen LogP contribution in [0.1, 0.15) is 60.3 Å². The maximum absolute atomic E-state index is 3.58. The van der Waals surface area contributed by atoms with Crippen molar-refractivity contribution in [2.75, 3.05) is 32.7 Å². The summed E-state index contributed by atoms with van der Waals surface area (Å²) in [5.41, 5.74) is 0.492. The van der Waals surface area contributed by atoms with Gasteiger partial charge in [-0.2, -0.15) is 0 Å². The predicted molar refractivity (Wildman–Crippen MR) is 85.6 cm³/mol. The van der Waals surface area contributed by atoms with Crippen LogP contribution in [0.5, 0.6) is 0 Å². The minimum Gasteiger partial charge on any atom is -0.315 e. The zero-order valence-electron chi connectivity index (χ0n) is 14.0. The molecule has 0 aromatic rings.